The molecule has 6 heteroatoms. The van der Waals surface area contributed by atoms with Crippen LogP contribution in [0.25, 0.3) is 0 Å². The zero-order valence-electron chi connectivity index (χ0n) is 14.6. The smallest absolute Gasteiger partial charge is 0.292 e. The van der Waals surface area contributed by atoms with E-state index in [1.807, 2.05) is 30.3 Å². The SMILES string of the molecule is O=C1/C(=C\Nc2ccccc2[N+](=O)[O-])C(c2ccccc2)c2cccc(F)c21. The summed E-state index contributed by atoms with van der Waals surface area (Å²) in [4.78, 5) is 23.7. The number of hydrogen-bond acceptors (Lipinski definition) is 4. The molecule has 0 bridgehead atoms. The maximum atomic E-state index is 14.4. The molecular weight excluding hydrogens is 359 g/mol. The number of para-hydroxylation sites is 2. The molecule has 4 rings (SSSR count). The molecule has 0 aliphatic heterocycles. The lowest BCUT2D eigenvalue weighted by atomic mass is 9.90. The van der Waals surface area contributed by atoms with Gasteiger partial charge in [0.25, 0.3) is 5.69 Å². The molecule has 3 aromatic carbocycles. The average molecular weight is 374 g/mol. The van der Waals surface area contributed by atoms with Crippen molar-refractivity contribution >= 4 is 17.2 Å². The summed E-state index contributed by atoms with van der Waals surface area (Å²) in [7, 11) is 0. The zero-order valence-corrected chi connectivity index (χ0v) is 14.6. The zero-order chi connectivity index (χ0) is 19.7. The molecule has 1 aliphatic rings. The molecule has 1 aliphatic carbocycles. The summed E-state index contributed by atoms with van der Waals surface area (Å²) < 4.78 is 14.4. The third-order valence-electron chi connectivity index (χ3n) is 4.77. The molecule has 28 heavy (non-hydrogen) atoms. The highest BCUT2D eigenvalue weighted by Gasteiger charge is 2.37. The number of nitro groups is 1. The van der Waals surface area contributed by atoms with Crippen LogP contribution in [0.4, 0.5) is 15.8 Å². The number of carbonyl (C=O) groups is 1. The number of allylic oxidation sites excluding steroid dienone is 1. The number of nitrogens with zero attached hydrogens (tertiary/aromatic N) is 1. The summed E-state index contributed by atoms with van der Waals surface area (Å²) in [6, 6.07) is 20.0. The molecular formula is C22H15FN2O3. The molecule has 0 amide bonds. The summed E-state index contributed by atoms with van der Waals surface area (Å²) in [6.45, 7) is 0. The Morgan fingerprint density at radius 2 is 1.68 bits per heavy atom. The van der Waals surface area contributed by atoms with Gasteiger partial charge in [0, 0.05) is 23.8 Å². The number of rotatable bonds is 4. The lowest BCUT2D eigenvalue weighted by Gasteiger charge is -2.14. The van der Waals surface area contributed by atoms with Crippen LogP contribution in [0.1, 0.15) is 27.4 Å². The molecule has 0 spiro atoms. The van der Waals surface area contributed by atoms with E-state index in [0.717, 1.165) is 5.56 Å². The summed E-state index contributed by atoms with van der Waals surface area (Å²) >= 11 is 0. The molecule has 0 heterocycles. The number of hydrogen-bond donors (Lipinski definition) is 1. The van der Waals surface area contributed by atoms with Gasteiger partial charge in [0.15, 0.2) is 5.78 Å². The quantitative estimate of drug-likeness (QED) is 0.394. The van der Waals surface area contributed by atoms with Gasteiger partial charge >= 0.3 is 0 Å². The van der Waals surface area contributed by atoms with Crippen molar-refractivity contribution in [1.29, 1.82) is 0 Å². The lowest BCUT2D eigenvalue weighted by molar-refractivity contribution is -0.383. The Morgan fingerprint density at radius 3 is 2.43 bits per heavy atom. The van der Waals surface area contributed by atoms with Crippen LogP contribution in [0.3, 0.4) is 0 Å². The van der Waals surface area contributed by atoms with Gasteiger partial charge in [-0.2, -0.15) is 0 Å². The van der Waals surface area contributed by atoms with Crippen molar-refractivity contribution in [2.75, 3.05) is 5.32 Å². The van der Waals surface area contributed by atoms with Gasteiger partial charge in [0.1, 0.15) is 11.5 Å². The van der Waals surface area contributed by atoms with E-state index in [-0.39, 0.29) is 16.9 Å². The number of ketones is 1. The Labute approximate surface area is 160 Å². The van der Waals surface area contributed by atoms with Crippen LogP contribution in [-0.2, 0) is 0 Å². The topological polar surface area (TPSA) is 72.2 Å². The van der Waals surface area contributed by atoms with Gasteiger partial charge in [-0.05, 0) is 23.3 Å². The molecule has 0 saturated carbocycles. The number of nitrogens with one attached hydrogen (secondary N) is 1. The number of benzene rings is 3. The monoisotopic (exact) mass is 374 g/mol. The first-order valence-electron chi connectivity index (χ1n) is 8.66. The minimum atomic E-state index is -0.572. The number of anilines is 1. The fourth-order valence-electron chi connectivity index (χ4n) is 3.53. The van der Waals surface area contributed by atoms with Gasteiger partial charge in [-0.3, -0.25) is 14.9 Å². The summed E-state index contributed by atoms with van der Waals surface area (Å²) in [5.41, 5.74) is 1.97. The second kappa shape index (κ2) is 7.08. The van der Waals surface area contributed by atoms with Gasteiger partial charge in [0.2, 0.25) is 0 Å². The average Bonchev–Trinajstić information content (AvgIpc) is 3.00. The maximum absolute atomic E-state index is 14.4. The van der Waals surface area contributed by atoms with Crippen molar-refractivity contribution in [1.82, 2.24) is 0 Å². The van der Waals surface area contributed by atoms with E-state index >= 15 is 0 Å². The van der Waals surface area contributed by atoms with E-state index in [2.05, 4.69) is 5.32 Å². The molecule has 1 atom stereocenters. The highest BCUT2D eigenvalue weighted by Crippen LogP contribution is 2.43. The van der Waals surface area contributed by atoms with E-state index in [1.54, 1.807) is 30.3 Å². The highest BCUT2D eigenvalue weighted by atomic mass is 19.1. The van der Waals surface area contributed by atoms with E-state index in [9.17, 15) is 19.3 Å². The van der Waals surface area contributed by atoms with Crippen molar-refractivity contribution in [3.05, 3.63) is 117 Å². The number of Topliss-reactive ketones (excluding diaryl/α,β-unsaturated/α-hetero) is 1. The third kappa shape index (κ3) is 2.95. The minimum absolute atomic E-state index is 0.0481. The maximum Gasteiger partial charge on any atom is 0.292 e. The van der Waals surface area contributed by atoms with E-state index < -0.39 is 22.4 Å². The van der Waals surface area contributed by atoms with Crippen LogP contribution >= 0.6 is 0 Å². The van der Waals surface area contributed by atoms with E-state index in [4.69, 9.17) is 0 Å². The van der Waals surface area contributed by atoms with Crippen molar-refractivity contribution in [2.24, 2.45) is 0 Å². The normalized spacial score (nSPS) is 16.8. The summed E-state index contributed by atoms with van der Waals surface area (Å²) in [5.74, 6) is -1.44. The Morgan fingerprint density at radius 1 is 0.964 bits per heavy atom. The van der Waals surface area contributed by atoms with Crippen LogP contribution in [0.2, 0.25) is 0 Å². The van der Waals surface area contributed by atoms with Crippen LogP contribution in [0.5, 0.6) is 0 Å². The molecule has 1 N–H and O–H groups in total. The second-order valence-electron chi connectivity index (χ2n) is 6.40. The molecule has 138 valence electrons. The molecule has 0 radical (unpaired) electrons. The van der Waals surface area contributed by atoms with Crippen LogP contribution < -0.4 is 5.32 Å². The fraction of sp³-hybridized carbons (Fsp3) is 0.0455. The molecule has 3 aromatic rings. The van der Waals surface area contributed by atoms with Crippen molar-refractivity contribution in [3.8, 4) is 0 Å². The second-order valence-corrected chi connectivity index (χ2v) is 6.40. The fourth-order valence-corrected chi connectivity index (χ4v) is 3.53. The predicted octanol–water partition coefficient (Wildman–Crippen LogP) is 5.06. The van der Waals surface area contributed by atoms with Gasteiger partial charge in [-0.1, -0.05) is 54.6 Å². The number of nitro benzene ring substituents is 1. The van der Waals surface area contributed by atoms with Crippen LogP contribution in [0.15, 0.2) is 84.6 Å². The van der Waals surface area contributed by atoms with E-state index in [0.29, 0.717) is 11.1 Å². The minimum Gasteiger partial charge on any atom is -0.356 e. The molecule has 0 fully saturated rings. The predicted molar refractivity (Wildman–Crippen MR) is 104 cm³/mol. The van der Waals surface area contributed by atoms with Gasteiger partial charge in [-0.15, -0.1) is 0 Å². The summed E-state index contributed by atoms with van der Waals surface area (Å²) in [6.07, 6.45) is 1.45. The standard InChI is InChI=1S/C22H15FN2O3/c23-17-10-6-9-15-20(14-7-2-1-3-8-14)16(22(26)21(15)17)13-24-18-11-4-5-12-19(18)25(27)28/h1-13,20,24H/b16-13-. The number of fused-ring (bicyclic) bond motifs is 1. The lowest BCUT2D eigenvalue weighted by Crippen LogP contribution is -2.06. The van der Waals surface area contributed by atoms with Gasteiger partial charge in [0.05, 0.1) is 10.5 Å². The van der Waals surface area contributed by atoms with Gasteiger partial charge < -0.3 is 5.32 Å². The number of halogens is 1. The molecule has 0 aromatic heterocycles. The summed E-state index contributed by atoms with van der Waals surface area (Å²) in [5, 5.41) is 14.1. The van der Waals surface area contributed by atoms with Crippen molar-refractivity contribution in [2.45, 2.75) is 5.92 Å². The third-order valence-corrected chi connectivity index (χ3v) is 4.77. The first kappa shape index (κ1) is 17.6. The van der Waals surface area contributed by atoms with E-state index in [1.165, 1.54) is 18.3 Å². The van der Waals surface area contributed by atoms with Crippen LogP contribution in [0, 0.1) is 15.9 Å². The highest BCUT2D eigenvalue weighted by molar-refractivity contribution is 6.15. The van der Waals surface area contributed by atoms with Gasteiger partial charge in [-0.25, -0.2) is 4.39 Å². The first-order valence-corrected chi connectivity index (χ1v) is 8.66. The molecule has 1 unspecified atom stereocenters. The van der Waals surface area contributed by atoms with Crippen LogP contribution in [-0.4, -0.2) is 10.7 Å². The van der Waals surface area contributed by atoms with Crippen molar-refractivity contribution < 1.29 is 14.1 Å². The largest absolute Gasteiger partial charge is 0.356 e. The first-order chi connectivity index (χ1) is 13.6. The Balaban J connectivity index is 1.81. The number of carbonyl (C=O) groups excluding carboxylic acids is 1. The molecule has 5 nitrogen and oxygen atoms in total. The Kier molecular flexibility index (Phi) is 4.45. The molecule has 0 saturated heterocycles. The van der Waals surface area contributed by atoms with Crippen molar-refractivity contribution in [3.63, 3.8) is 0 Å². The Hall–Kier alpha value is -3.80. The Bertz CT molecular complexity index is 1110.